The number of esters is 3. The lowest BCUT2D eigenvalue weighted by Gasteiger charge is -2.46. The van der Waals surface area contributed by atoms with E-state index in [0.717, 1.165) is 19.3 Å². The Morgan fingerprint density at radius 3 is 2.28 bits per heavy atom. The monoisotopic (exact) mass is 548 g/mol. The first-order chi connectivity index (χ1) is 18.2. The van der Waals surface area contributed by atoms with Gasteiger partial charge in [0.1, 0.15) is 18.3 Å². The Bertz CT molecular complexity index is 964. The fraction of sp³-hybridized carbons (Fsp3) is 0.806. The Kier molecular flexibility index (Phi) is 10.1. The highest BCUT2D eigenvalue weighted by molar-refractivity contribution is 6.35. The number of Topliss-reactive ketones (excluding diaryl/α,β-unsaturated/α-hetero) is 1. The SMILES string of the molecule is CCC(C)(C)C(=O)OC[C@H]1C=C2CC[C@H](C)[C@H](CC[C@@H]3C[C@@H](O)C(=O)C(=O)O3)[C@H]2[C@@H](OC(=O)C(C)(C)CC)C1. The van der Waals surface area contributed by atoms with Crippen LogP contribution < -0.4 is 0 Å². The summed E-state index contributed by atoms with van der Waals surface area (Å²) in [7, 11) is 0. The van der Waals surface area contributed by atoms with E-state index in [1.807, 2.05) is 41.5 Å². The van der Waals surface area contributed by atoms with E-state index in [0.29, 0.717) is 31.6 Å². The largest absolute Gasteiger partial charge is 0.465 e. The summed E-state index contributed by atoms with van der Waals surface area (Å²) in [5, 5.41) is 9.97. The molecule has 1 saturated carbocycles. The predicted molar refractivity (Wildman–Crippen MR) is 145 cm³/mol. The first kappa shape index (κ1) is 31.3. The van der Waals surface area contributed by atoms with Crippen LogP contribution in [0.2, 0.25) is 0 Å². The van der Waals surface area contributed by atoms with Crippen LogP contribution in [0.3, 0.4) is 0 Å². The molecule has 0 bridgehead atoms. The van der Waals surface area contributed by atoms with E-state index in [2.05, 4.69) is 13.0 Å². The van der Waals surface area contributed by atoms with E-state index in [1.54, 1.807) is 0 Å². The lowest BCUT2D eigenvalue weighted by atomic mass is 9.62. The average Bonchev–Trinajstić information content (AvgIpc) is 2.89. The molecule has 220 valence electrons. The first-order valence-electron chi connectivity index (χ1n) is 14.7. The van der Waals surface area contributed by atoms with Gasteiger partial charge in [0.25, 0.3) is 5.78 Å². The van der Waals surface area contributed by atoms with Gasteiger partial charge in [-0.3, -0.25) is 14.4 Å². The van der Waals surface area contributed by atoms with Gasteiger partial charge in [-0.1, -0.05) is 32.4 Å². The van der Waals surface area contributed by atoms with E-state index in [4.69, 9.17) is 14.2 Å². The van der Waals surface area contributed by atoms with Gasteiger partial charge in [-0.15, -0.1) is 0 Å². The van der Waals surface area contributed by atoms with E-state index >= 15 is 0 Å². The van der Waals surface area contributed by atoms with Crippen LogP contribution in [-0.4, -0.2) is 53.7 Å². The van der Waals surface area contributed by atoms with Crippen molar-refractivity contribution < 1.29 is 38.5 Å². The fourth-order valence-corrected chi connectivity index (χ4v) is 5.90. The molecule has 8 nitrogen and oxygen atoms in total. The molecule has 0 radical (unpaired) electrons. The van der Waals surface area contributed by atoms with Gasteiger partial charge >= 0.3 is 17.9 Å². The fourth-order valence-electron chi connectivity index (χ4n) is 5.90. The minimum absolute atomic E-state index is 0.0234. The summed E-state index contributed by atoms with van der Waals surface area (Å²) in [5.41, 5.74) is 0.0829. The second-order valence-electron chi connectivity index (χ2n) is 13.2. The number of aliphatic hydroxyl groups excluding tert-OH is 1. The van der Waals surface area contributed by atoms with E-state index in [1.165, 1.54) is 5.57 Å². The number of carbonyl (C=O) groups is 4. The first-order valence-corrected chi connectivity index (χ1v) is 14.7. The molecule has 1 saturated heterocycles. The molecular formula is C31H48O8. The maximum Gasteiger partial charge on any atom is 0.377 e. The zero-order valence-electron chi connectivity index (χ0n) is 24.8. The molecule has 1 heterocycles. The normalized spacial score (nSPS) is 31.6. The van der Waals surface area contributed by atoms with Crippen LogP contribution in [0, 0.1) is 34.5 Å². The number of hydrogen-bond acceptors (Lipinski definition) is 8. The summed E-state index contributed by atoms with van der Waals surface area (Å²) >= 11 is 0. The van der Waals surface area contributed by atoms with Gasteiger partial charge in [-0.05, 0) is 84.5 Å². The summed E-state index contributed by atoms with van der Waals surface area (Å²) in [5.74, 6) is -1.76. The summed E-state index contributed by atoms with van der Waals surface area (Å²) in [6, 6.07) is 0. The molecule has 3 rings (SSSR count). The number of rotatable bonds is 10. The minimum atomic E-state index is -1.31. The van der Waals surface area contributed by atoms with Crippen LogP contribution in [0.15, 0.2) is 11.6 Å². The number of hydrogen-bond donors (Lipinski definition) is 1. The third-order valence-electron chi connectivity index (χ3n) is 9.54. The Hall–Kier alpha value is -2.22. The Morgan fingerprint density at radius 1 is 1.03 bits per heavy atom. The van der Waals surface area contributed by atoms with Gasteiger partial charge in [-0.2, -0.15) is 0 Å². The van der Waals surface area contributed by atoms with Crippen LogP contribution in [0.25, 0.3) is 0 Å². The van der Waals surface area contributed by atoms with Gasteiger partial charge in [0.2, 0.25) is 0 Å². The smallest absolute Gasteiger partial charge is 0.377 e. The van der Waals surface area contributed by atoms with Crippen LogP contribution >= 0.6 is 0 Å². The molecule has 0 amide bonds. The Labute approximate surface area is 233 Å². The molecule has 39 heavy (non-hydrogen) atoms. The standard InChI is InChI=1S/C31H48O8/c1-8-30(4,5)28(35)37-17-19-14-20-11-10-18(3)22(13-12-21-16-23(32)26(33)27(34)38-21)25(20)24(15-19)39-29(36)31(6,7)9-2/h14,18-19,21-25,32H,8-13,15-17H2,1-7H3/t18-,19-,21+,22-,23+,24-,25-/m0/s1. The number of carbonyl (C=O) groups excluding carboxylic acids is 4. The van der Waals surface area contributed by atoms with E-state index < -0.39 is 34.8 Å². The van der Waals surface area contributed by atoms with Crippen molar-refractivity contribution in [2.24, 2.45) is 34.5 Å². The molecule has 2 fully saturated rings. The lowest BCUT2D eigenvalue weighted by Crippen LogP contribution is -2.45. The molecule has 8 heteroatoms. The maximum atomic E-state index is 13.2. The van der Waals surface area contributed by atoms with Crippen molar-refractivity contribution in [2.75, 3.05) is 6.61 Å². The third-order valence-corrected chi connectivity index (χ3v) is 9.54. The van der Waals surface area contributed by atoms with Crippen molar-refractivity contribution in [2.45, 2.75) is 118 Å². The Balaban J connectivity index is 1.81. The molecule has 1 N–H and O–H groups in total. The zero-order chi connectivity index (χ0) is 29.1. The average molecular weight is 549 g/mol. The van der Waals surface area contributed by atoms with Crippen LogP contribution in [0.5, 0.6) is 0 Å². The zero-order valence-corrected chi connectivity index (χ0v) is 24.8. The summed E-state index contributed by atoms with van der Waals surface area (Å²) in [6.45, 7) is 14.0. The molecule has 3 aliphatic rings. The quantitative estimate of drug-likeness (QED) is 0.176. The number of aliphatic hydroxyl groups is 1. The number of ether oxygens (including phenoxy) is 3. The lowest BCUT2D eigenvalue weighted by molar-refractivity contribution is -0.171. The van der Waals surface area contributed by atoms with Gasteiger partial charge in [0.15, 0.2) is 0 Å². The topological polar surface area (TPSA) is 116 Å². The van der Waals surface area contributed by atoms with Crippen molar-refractivity contribution in [1.82, 2.24) is 0 Å². The van der Waals surface area contributed by atoms with Crippen LogP contribution in [0.1, 0.15) is 99.8 Å². The highest BCUT2D eigenvalue weighted by Gasteiger charge is 2.46. The van der Waals surface area contributed by atoms with Crippen molar-refractivity contribution in [3.05, 3.63) is 11.6 Å². The van der Waals surface area contributed by atoms with Crippen molar-refractivity contribution in [3.63, 3.8) is 0 Å². The second-order valence-corrected chi connectivity index (χ2v) is 13.2. The summed E-state index contributed by atoms with van der Waals surface area (Å²) in [6.07, 6.45) is 5.23. The van der Waals surface area contributed by atoms with Crippen LogP contribution in [0.4, 0.5) is 0 Å². The molecule has 7 atom stereocenters. The van der Waals surface area contributed by atoms with Gasteiger partial charge < -0.3 is 19.3 Å². The van der Waals surface area contributed by atoms with Crippen molar-refractivity contribution >= 4 is 23.7 Å². The number of fused-ring (bicyclic) bond motifs is 1. The number of ketones is 1. The second kappa shape index (κ2) is 12.5. The molecule has 2 aliphatic carbocycles. The predicted octanol–water partition coefficient (Wildman–Crippen LogP) is 4.95. The van der Waals surface area contributed by atoms with Crippen LogP contribution in [-0.2, 0) is 33.4 Å². The molecule has 0 aromatic rings. The highest BCUT2D eigenvalue weighted by atomic mass is 16.6. The molecule has 0 aromatic heterocycles. The van der Waals surface area contributed by atoms with Gasteiger partial charge in [0.05, 0.1) is 17.4 Å². The van der Waals surface area contributed by atoms with Gasteiger partial charge in [-0.25, -0.2) is 4.79 Å². The summed E-state index contributed by atoms with van der Waals surface area (Å²) < 4.78 is 17.3. The Morgan fingerprint density at radius 2 is 1.67 bits per heavy atom. The van der Waals surface area contributed by atoms with Crippen molar-refractivity contribution in [3.8, 4) is 0 Å². The molecule has 0 spiro atoms. The molecule has 0 aromatic carbocycles. The molecule has 1 aliphatic heterocycles. The summed E-state index contributed by atoms with van der Waals surface area (Å²) in [4.78, 5) is 49.4. The minimum Gasteiger partial charge on any atom is -0.465 e. The molecular weight excluding hydrogens is 500 g/mol. The number of cyclic esters (lactones) is 1. The molecule has 0 unspecified atom stereocenters. The van der Waals surface area contributed by atoms with E-state index in [-0.39, 0.29) is 48.8 Å². The van der Waals surface area contributed by atoms with Gasteiger partial charge in [0, 0.05) is 18.3 Å². The van der Waals surface area contributed by atoms with E-state index in [9.17, 15) is 24.3 Å². The third kappa shape index (κ3) is 7.30. The highest BCUT2D eigenvalue weighted by Crippen LogP contribution is 2.48. The maximum absolute atomic E-state index is 13.2. The van der Waals surface area contributed by atoms with Crippen molar-refractivity contribution in [1.29, 1.82) is 0 Å².